The van der Waals surface area contributed by atoms with E-state index in [-0.39, 0.29) is 12.2 Å². The van der Waals surface area contributed by atoms with Crippen LogP contribution in [-0.4, -0.2) is 71.5 Å². The minimum Gasteiger partial charge on any atom is -0.393 e. The molecule has 0 radical (unpaired) electrons. The Kier molecular flexibility index (Phi) is 15.8. The second kappa shape index (κ2) is 14.4. The summed E-state index contributed by atoms with van der Waals surface area (Å²) < 4.78 is 0. The predicted molar refractivity (Wildman–Crippen MR) is 97.3 cm³/mol. The van der Waals surface area contributed by atoms with E-state index in [9.17, 15) is 10.2 Å². The maximum absolute atomic E-state index is 9.23. The fourth-order valence-electron chi connectivity index (χ4n) is 2.08. The molecule has 0 aliphatic carbocycles. The van der Waals surface area contributed by atoms with Crippen LogP contribution >= 0.6 is 0 Å². The van der Waals surface area contributed by atoms with Crippen molar-refractivity contribution < 1.29 is 10.2 Å². The van der Waals surface area contributed by atoms with E-state index in [1.165, 1.54) is 0 Å². The summed E-state index contributed by atoms with van der Waals surface area (Å²) in [6, 6.07) is 0. The van der Waals surface area contributed by atoms with Crippen molar-refractivity contribution in [3.05, 3.63) is 0 Å². The lowest BCUT2D eigenvalue weighted by Gasteiger charge is -2.24. The van der Waals surface area contributed by atoms with Crippen LogP contribution in [0.25, 0.3) is 0 Å². The largest absolute Gasteiger partial charge is 0.393 e. The summed E-state index contributed by atoms with van der Waals surface area (Å²) in [5, 5.41) is 18.5. The van der Waals surface area contributed by atoms with Crippen molar-refractivity contribution in [1.82, 2.24) is 9.80 Å². The second-order valence-electron chi connectivity index (χ2n) is 6.41. The maximum atomic E-state index is 9.23. The molecule has 4 atom stereocenters. The van der Waals surface area contributed by atoms with Crippen LogP contribution < -0.4 is 0 Å². The van der Waals surface area contributed by atoms with E-state index in [0.717, 1.165) is 39.3 Å². The van der Waals surface area contributed by atoms with Crippen LogP contribution in [0.15, 0.2) is 0 Å². The summed E-state index contributed by atoms with van der Waals surface area (Å²) in [4.78, 5) is 4.66. The third-order valence-electron chi connectivity index (χ3n) is 4.53. The van der Waals surface area contributed by atoms with Gasteiger partial charge in [0.2, 0.25) is 0 Å². The average Bonchev–Trinajstić information content (AvgIpc) is 2.49. The molecule has 0 aliphatic heterocycles. The third kappa shape index (κ3) is 12.4. The molecule has 0 aromatic heterocycles. The molecule has 136 valence electrons. The van der Waals surface area contributed by atoms with E-state index in [4.69, 9.17) is 0 Å². The van der Waals surface area contributed by atoms with Gasteiger partial charge in [-0.1, -0.05) is 41.5 Å². The Bertz CT molecular complexity index is 203. The molecule has 0 aromatic carbocycles. The average molecular weight is 319 g/mol. The lowest BCUT2D eigenvalue weighted by molar-refractivity contribution is 0.106. The minimum absolute atomic E-state index is 0.185. The molecule has 0 fully saturated rings. The Morgan fingerprint density at radius 1 is 0.591 bits per heavy atom. The third-order valence-corrected chi connectivity index (χ3v) is 4.53. The van der Waals surface area contributed by atoms with E-state index in [2.05, 4.69) is 51.3 Å². The highest BCUT2D eigenvalue weighted by Crippen LogP contribution is 2.05. The summed E-state index contributed by atoms with van der Waals surface area (Å²) in [6.45, 7) is 22.8. The van der Waals surface area contributed by atoms with E-state index in [0.29, 0.717) is 11.8 Å². The van der Waals surface area contributed by atoms with Gasteiger partial charge in [0.25, 0.3) is 0 Å². The van der Waals surface area contributed by atoms with Crippen molar-refractivity contribution >= 4 is 0 Å². The van der Waals surface area contributed by atoms with Crippen molar-refractivity contribution in [3.63, 3.8) is 0 Å². The van der Waals surface area contributed by atoms with Crippen LogP contribution in [0.1, 0.15) is 55.4 Å². The van der Waals surface area contributed by atoms with Crippen molar-refractivity contribution in [2.75, 3.05) is 39.3 Å². The number of hydrogen-bond acceptors (Lipinski definition) is 4. The molecule has 0 saturated heterocycles. The molecule has 4 unspecified atom stereocenters. The molecule has 0 spiro atoms. The summed E-state index contributed by atoms with van der Waals surface area (Å²) >= 11 is 0. The zero-order valence-corrected chi connectivity index (χ0v) is 16.3. The first kappa shape index (κ1) is 24.1. The van der Waals surface area contributed by atoms with Crippen LogP contribution in [0.2, 0.25) is 0 Å². The number of hydrogen-bond donors (Lipinski definition) is 2. The van der Waals surface area contributed by atoms with Crippen LogP contribution in [0.4, 0.5) is 0 Å². The highest BCUT2D eigenvalue weighted by atomic mass is 16.3. The highest BCUT2D eigenvalue weighted by Gasteiger charge is 2.12. The van der Waals surface area contributed by atoms with E-state index in [1.807, 2.05) is 13.8 Å². The second-order valence-corrected chi connectivity index (χ2v) is 6.41. The number of aliphatic hydroxyl groups excluding tert-OH is 2. The zero-order valence-electron chi connectivity index (χ0n) is 16.3. The molecule has 0 heterocycles. The maximum Gasteiger partial charge on any atom is 0.0549 e. The first-order chi connectivity index (χ1) is 10.2. The molecule has 0 amide bonds. The van der Waals surface area contributed by atoms with E-state index >= 15 is 0 Å². The van der Waals surface area contributed by atoms with Gasteiger partial charge in [-0.15, -0.1) is 0 Å². The Morgan fingerprint density at radius 2 is 0.818 bits per heavy atom. The van der Waals surface area contributed by atoms with Gasteiger partial charge in [-0.05, 0) is 51.9 Å². The fourth-order valence-corrected chi connectivity index (χ4v) is 2.08. The van der Waals surface area contributed by atoms with Gasteiger partial charge >= 0.3 is 0 Å². The van der Waals surface area contributed by atoms with E-state index in [1.54, 1.807) is 0 Å². The molecule has 0 aromatic rings. The molecule has 0 rings (SSSR count). The molecule has 0 aliphatic rings. The van der Waals surface area contributed by atoms with Gasteiger partial charge in [0.15, 0.2) is 0 Å². The summed E-state index contributed by atoms with van der Waals surface area (Å²) in [5.41, 5.74) is 0. The molecule has 4 nitrogen and oxygen atoms in total. The lowest BCUT2D eigenvalue weighted by atomic mass is 10.1. The van der Waals surface area contributed by atoms with E-state index < -0.39 is 0 Å². The van der Waals surface area contributed by atoms with Gasteiger partial charge in [0, 0.05) is 13.1 Å². The standard InChI is InChI=1S/2C9H21NO/c2*1-5-10(6-2)7-8(3)9(4)11/h2*8-9,11H,5-7H2,1-4H3. The molecule has 22 heavy (non-hydrogen) atoms. The van der Waals surface area contributed by atoms with Crippen molar-refractivity contribution in [3.8, 4) is 0 Å². The van der Waals surface area contributed by atoms with Crippen molar-refractivity contribution in [2.24, 2.45) is 11.8 Å². The van der Waals surface area contributed by atoms with Gasteiger partial charge in [-0.2, -0.15) is 0 Å². The quantitative estimate of drug-likeness (QED) is 0.650. The Morgan fingerprint density at radius 3 is 0.955 bits per heavy atom. The molecular formula is C18H42N2O2. The highest BCUT2D eigenvalue weighted by molar-refractivity contribution is 4.65. The first-order valence-electron chi connectivity index (χ1n) is 9.03. The van der Waals surface area contributed by atoms with Crippen LogP contribution in [0.3, 0.4) is 0 Å². The SMILES string of the molecule is CCN(CC)CC(C)C(C)O.CCN(CC)CC(C)C(C)O. The zero-order chi connectivity index (χ0) is 17.7. The molecular weight excluding hydrogens is 276 g/mol. The smallest absolute Gasteiger partial charge is 0.0549 e. The van der Waals surface area contributed by atoms with Gasteiger partial charge < -0.3 is 20.0 Å². The molecule has 0 bridgehead atoms. The monoisotopic (exact) mass is 318 g/mol. The van der Waals surface area contributed by atoms with Gasteiger partial charge in [-0.25, -0.2) is 0 Å². The summed E-state index contributed by atoms with van der Waals surface area (Å²) in [6.07, 6.45) is -0.369. The topological polar surface area (TPSA) is 46.9 Å². The minimum atomic E-state index is -0.185. The normalized spacial score (nSPS) is 16.9. The molecule has 0 saturated carbocycles. The Balaban J connectivity index is 0. The Hall–Kier alpha value is -0.160. The Labute approximate surface area is 139 Å². The number of rotatable bonds is 10. The first-order valence-corrected chi connectivity index (χ1v) is 9.03. The van der Waals surface area contributed by atoms with Crippen LogP contribution in [0, 0.1) is 11.8 Å². The summed E-state index contributed by atoms with van der Waals surface area (Å²) in [5.74, 6) is 0.768. The molecule has 2 N–H and O–H groups in total. The van der Waals surface area contributed by atoms with Gasteiger partial charge in [0.1, 0.15) is 0 Å². The van der Waals surface area contributed by atoms with Crippen LogP contribution in [-0.2, 0) is 0 Å². The lowest BCUT2D eigenvalue weighted by Crippen LogP contribution is -2.32. The van der Waals surface area contributed by atoms with Crippen molar-refractivity contribution in [1.29, 1.82) is 0 Å². The van der Waals surface area contributed by atoms with Gasteiger partial charge in [0.05, 0.1) is 12.2 Å². The van der Waals surface area contributed by atoms with Crippen molar-refractivity contribution in [2.45, 2.75) is 67.6 Å². The molecule has 4 heteroatoms. The number of aliphatic hydroxyl groups is 2. The fraction of sp³-hybridized carbons (Fsp3) is 1.00. The predicted octanol–water partition coefficient (Wildman–Crippen LogP) is 2.69. The number of nitrogens with zero attached hydrogens (tertiary/aromatic N) is 2. The van der Waals surface area contributed by atoms with Crippen LogP contribution in [0.5, 0.6) is 0 Å². The van der Waals surface area contributed by atoms with Gasteiger partial charge in [-0.3, -0.25) is 0 Å². The summed E-state index contributed by atoms with van der Waals surface area (Å²) in [7, 11) is 0.